The first-order valence-corrected chi connectivity index (χ1v) is 7.30. The van der Waals surface area contributed by atoms with Gasteiger partial charge in [-0.15, -0.1) is 0 Å². The van der Waals surface area contributed by atoms with Crippen LogP contribution in [0.4, 0.5) is 5.69 Å². The molecule has 2 aromatic rings. The summed E-state index contributed by atoms with van der Waals surface area (Å²) in [5.41, 5.74) is 6.52. The van der Waals surface area contributed by atoms with E-state index in [0.717, 1.165) is 0 Å². The van der Waals surface area contributed by atoms with Crippen LogP contribution in [0.2, 0.25) is 5.02 Å². The van der Waals surface area contributed by atoms with E-state index in [2.05, 4.69) is 14.7 Å². The predicted molar refractivity (Wildman–Crippen MR) is 73.2 cm³/mol. The van der Waals surface area contributed by atoms with E-state index in [1.807, 2.05) is 0 Å². The van der Waals surface area contributed by atoms with E-state index in [9.17, 15) is 8.42 Å². The van der Waals surface area contributed by atoms with Gasteiger partial charge in [-0.25, -0.2) is 18.1 Å². The Balaban J connectivity index is 2.29. The van der Waals surface area contributed by atoms with E-state index in [1.54, 1.807) is 19.3 Å². The van der Waals surface area contributed by atoms with Gasteiger partial charge in [0.25, 0.3) is 0 Å². The third-order valence-electron chi connectivity index (χ3n) is 2.64. The molecule has 1 aromatic carbocycles. The molecule has 0 atom stereocenters. The third kappa shape index (κ3) is 3.06. The van der Waals surface area contributed by atoms with Crippen molar-refractivity contribution in [1.29, 1.82) is 0 Å². The van der Waals surface area contributed by atoms with Gasteiger partial charge in [0.05, 0.1) is 11.4 Å². The van der Waals surface area contributed by atoms with Crippen molar-refractivity contribution in [3.05, 3.63) is 40.9 Å². The molecule has 4 N–H and O–H groups in total. The molecule has 0 unspecified atom stereocenters. The zero-order chi connectivity index (χ0) is 14.0. The highest BCUT2D eigenvalue weighted by Gasteiger charge is 2.19. The average molecular weight is 301 g/mol. The van der Waals surface area contributed by atoms with E-state index >= 15 is 0 Å². The number of sulfonamides is 1. The van der Waals surface area contributed by atoms with Crippen LogP contribution >= 0.6 is 11.6 Å². The molecule has 0 aliphatic carbocycles. The fourth-order valence-electron chi connectivity index (χ4n) is 1.59. The molecule has 19 heavy (non-hydrogen) atoms. The second-order valence-electron chi connectivity index (χ2n) is 3.98. The molecule has 1 heterocycles. The molecule has 0 fully saturated rings. The monoisotopic (exact) mass is 300 g/mol. The lowest BCUT2D eigenvalue weighted by Crippen LogP contribution is -2.24. The molecule has 0 saturated heterocycles. The summed E-state index contributed by atoms with van der Waals surface area (Å²) in [7, 11) is -3.69. The van der Waals surface area contributed by atoms with Gasteiger partial charge in [-0.3, -0.25) is 0 Å². The highest BCUT2D eigenvalue weighted by Crippen LogP contribution is 2.25. The maximum absolute atomic E-state index is 12.2. The van der Waals surface area contributed by atoms with Crippen LogP contribution in [0.25, 0.3) is 0 Å². The number of nitrogens with two attached hydrogens (primary N) is 1. The summed E-state index contributed by atoms with van der Waals surface area (Å²) >= 11 is 5.84. The molecule has 0 bridgehead atoms. The number of hydrogen-bond acceptors (Lipinski definition) is 4. The van der Waals surface area contributed by atoms with Gasteiger partial charge >= 0.3 is 0 Å². The summed E-state index contributed by atoms with van der Waals surface area (Å²) in [6.07, 6.45) is 3.17. The Morgan fingerprint density at radius 3 is 2.84 bits per heavy atom. The number of halogens is 1. The molecule has 0 spiro atoms. The fraction of sp³-hybridized carbons (Fsp3) is 0.182. The quantitative estimate of drug-likeness (QED) is 0.744. The lowest BCUT2D eigenvalue weighted by molar-refractivity contribution is 0.579. The Morgan fingerprint density at radius 1 is 1.47 bits per heavy atom. The maximum Gasteiger partial charge on any atom is 0.241 e. The van der Waals surface area contributed by atoms with Crippen LogP contribution in [0.1, 0.15) is 11.4 Å². The van der Waals surface area contributed by atoms with Crippen LogP contribution in [0.15, 0.2) is 29.4 Å². The summed E-state index contributed by atoms with van der Waals surface area (Å²) in [4.78, 5) is 6.82. The van der Waals surface area contributed by atoms with Crippen molar-refractivity contribution < 1.29 is 8.42 Å². The number of nitrogens with one attached hydrogen (secondary N) is 2. The molecule has 0 aliphatic heterocycles. The number of imidazole rings is 1. The van der Waals surface area contributed by atoms with Crippen molar-refractivity contribution in [1.82, 2.24) is 14.7 Å². The van der Waals surface area contributed by atoms with Gasteiger partial charge in [0.15, 0.2) is 0 Å². The molecule has 8 heteroatoms. The SMILES string of the molecule is Cc1c(N)cc(Cl)cc1S(=O)(=O)NCc1ncc[nH]1. The van der Waals surface area contributed by atoms with Crippen LogP contribution in [-0.2, 0) is 16.6 Å². The highest BCUT2D eigenvalue weighted by atomic mass is 35.5. The predicted octanol–water partition coefficient (Wildman–Crippen LogP) is 1.43. The first-order chi connectivity index (χ1) is 8.90. The van der Waals surface area contributed by atoms with Crippen molar-refractivity contribution in [3.63, 3.8) is 0 Å². The minimum absolute atomic E-state index is 0.0706. The van der Waals surface area contributed by atoms with Crippen molar-refractivity contribution in [2.75, 3.05) is 5.73 Å². The largest absolute Gasteiger partial charge is 0.398 e. The number of aromatic amines is 1. The molecule has 102 valence electrons. The lowest BCUT2D eigenvalue weighted by Gasteiger charge is -2.11. The van der Waals surface area contributed by atoms with Gasteiger partial charge in [-0.05, 0) is 24.6 Å². The zero-order valence-electron chi connectivity index (χ0n) is 10.1. The average Bonchev–Trinajstić information content (AvgIpc) is 2.84. The van der Waals surface area contributed by atoms with Crippen LogP contribution in [0.5, 0.6) is 0 Å². The molecule has 2 rings (SSSR count). The fourth-order valence-corrected chi connectivity index (χ4v) is 3.17. The van der Waals surface area contributed by atoms with Gasteiger partial charge in [0.1, 0.15) is 5.82 Å². The standard InChI is InChI=1S/C11H13ClN4O2S/c1-7-9(13)4-8(12)5-10(7)19(17,18)16-6-11-14-2-3-15-11/h2-5,16H,6,13H2,1H3,(H,14,15). The molecule has 1 aromatic heterocycles. The number of rotatable bonds is 4. The van der Waals surface area contributed by atoms with E-state index in [4.69, 9.17) is 17.3 Å². The molecule has 0 radical (unpaired) electrons. The maximum atomic E-state index is 12.2. The van der Waals surface area contributed by atoms with Gasteiger partial charge < -0.3 is 10.7 Å². The van der Waals surface area contributed by atoms with Gasteiger partial charge in [-0.1, -0.05) is 11.6 Å². The van der Waals surface area contributed by atoms with Crippen LogP contribution in [0, 0.1) is 6.92 Å². The smallest absolute Gasteiger partial charge is 0.241 e. The Kier molecular flexibility index (Phi) is 3.79. The number of nitrogen functional groups attached to an aromatic ring is 1. The van der Waals surface area contributed by atoms with Crippen molar-refractivity contribution in [3.8, 4) is 0 Å². The summed E-state index contributed by atoms with van der Waals surface area (Å²) in [6, 6.07) is 2.89. The highest BCUT2D eigenvalue weighted by molar-refractivity contribution is 7.89. The second-order valence-corrected chi connectivity index (χ2v) is 6.15. The molecule has 0 aliphatic rings. The minimum atomic E-state index is -3.69. The Bertz CT molecular complexity index is 683. The van der Waals surface area contributed by atoms with Gasteiger partial charge in [-0.2, -0.15) is 0 Å². The molecule has 0 amide bonds. The number of H-pyrrole nitrogens is 1. The van der Waals surface area contributed by atoms with Crippen molar-refractivity contribution >= 4 is 27.3 Å². The Hall–Kier alpha value is -1.57. The summed E-state index contributed by atoms with van der Waals surface area (Å²) in [5, 5.41) is 0.279. The van der Waals surface area contributed by atoms with Crippen molar-refractivity contribution in [2.45, 2.75) is 18.4 Å². The Labute approximate surface area is 116 Å². The number of nitrogens with zero attached hydrogens (tertiary/aromatic N) is 1. The third-order valence-corrected chi connectivity index (χ3v) is 4.38. The van der Waals surface area contributed by atoms with E-state index in [1.165, 1.54) is 12.1 Å². The van der Waals surface area contributed by atoms with Crippen LogP contribution in [-0.4, -0.2) is 18.4 Å². The van der Waals surface area contributed by atoms with Gasteiger partial charge in [0.2, 0.25) is 10.0 Å². The number of anilines is 1. The molecular weight excluding hydrogens is 288 g/mol. The molecule has 6 nitrogen and oxygen atoms in total. The number of benzene rings is 1. The van der Waals surface area contributed by atoms with E-state index in [-0.39, 0.29) is 16.5 Å². The first kappa shape index (κ1) is 13.9. The minimum Gasteiger partial charge on any atom is -0.398 e. The number of hydrogen-bond donors (Lipinski definition) is 3. The molecular formula is C11H13ClN4O2S. The topological polar surface area (TPSA) is 101 Å². The summed E-state index contributed by atoms with van der Waals surface area (Å²) < 4.78 is 26.8. The molecule has 0 saturated carbocycles. The summed E-state index contributed by atoms with van der Waals surface area (Å²) in [6.45, 7) is 1.70. The normalized spacial score (nSPS) is 11.7. The second kappa shape index (κ2) is 5.20. The number of aromatic nitrogens is 2. The first-order valence-electron chi connectivity index (χ1n) is 5.43. The summed E-state index contributed by atoms with van der Waals surface area (Å²) in [5.74, 6) is 0.524. The van der Waals surface area contributed by atoms with E-state index in [0.29, 0.717) is 17.1 Å². The zero-order valence-corrected chi connectivity index (χ0v) is 11.7. The van der Waals surface area contributed by atoms with Gasteiger partial charge in [0, 0.05) is 23.1 Å². The lowest BCUT2D eigenvalue weighted by atomic mass is 10.2. The van der Waals surface area contributed by atoms with Crippen LogP contribution in [0.3, 0.4) is 0 Å². The Morgan fingerprint density at radius 2 is 2.21 bits per heavy atom. The van der Waals surface area contributed by atoms with Crippen LogP contribution < -0.4 is 10.5 Å². The van der Waals surface area contributed by atoms with E-state index < -0.39 is 10.0 Å². The van der Waals surface area contributed by atoms with Crippen molar-refractivity contribution in [2.24, 2.45) is 0 Å².